The smallest absolute Gasteiger partial charge is 0.255 e. The fraction of sp³-hybridized carbons (Fsp3) is 0.120. The number of amides is 1. The van der Waals surface area contributed by atoms with E-state index >= 15 is 0 Å². The number of rotatable bonds is 7. The molecule has 0 aliphatic rings. The van der Waals surface area contributed by atoms with Gasteiger partial charge in [-0.1, -0.05) is 54.6 Å². The molecule has 1 aromatic heterocycles. The molecule has 6 heteroatoms. The molecular weight excluding hydrogens is 424 g/mol. The summed E-state index contributed by atoms with van der Waals surface area (Å²) in [4.78, 5) is 17.1. The van der Waals surface area contributed by atoms with Crippen molar-refractivity contribution in [3.05, 3.63) is 107 Å². The summed E-state index contributed by atoms with van der Waals surface area (Å²) < 4.78 is 12.5. The second-order valence-corrected chi connectivity index (χ2v) is 9.56. The van der Waals surface area contributed by atoms with E-state index in [2.05, 4.69) is 10.3 Å². The zero-order chi connectivity index (χ0) is 21.6. The summed E-state index contributed by atoms with van der Waals surface area (Å²) in [6.07, 6.45) is 0. The van der Waals surface area contributed by atoms with Crippen molar-refractivity contribution >= 4 is 33.7 Å². The maximum atomic E-state index is 12.7. The third kappa shape index (κ3) is 5.75. The number of nitrogens with zero attached hydrogens (tertiary/aromatic N) is 1. The first kappa shape index (κ1) is 21.2. The molecule has 0 aliphatic carbocycles. The number of carbonyl (C=O) groups is 1. The fourth-order valence-corrected chi connectivity index (χ4v) is 5.21. The highest BCUT2D eigenvalue weighted by Gasteiger charge is 2.09. The Morgan fingerprint density at radius 2 is 1.65 bits per heavy atom. The summed E-state index contributed by atoms with van der Waals surface area (Å²) in [5, 5.41) is 5.89. The van der Waals surface area contributed by atoms with Crippen molar-refractivity contribution in [3.8, 4) is 10.6 Å². The Kier molecular flexibility index (Phi) is 6.70. The average molecular weight is 447 g/mol. The number of aryl methyl sites for hydroxylation is 1. The van der Waals surface area contributed by atoms with Crippen LogP contribution in [0.15, 0.2) is 84.2 Å². The van der Waals surface area contributed by atoms with Crippen molar-refractivity contribution in [3.63, 3.8) is 0 Å². The van der Waals surface area contributed by atoms with Gasteiger partial charge >= 0.3 is 0 Å². The van der Waals surface area contributed by atoms with Gasteiger partial charge in [-0.2, -0.15) is 0 Å². The molecule has 156 valence electrons. The first-order chi connectivity index (χ1) is 15.1. The highest BCUT2D eigenvalue weighted by Crippen LogP contribution is 2.24. The van der Waals surface area contributed by atoms with Gasteiger partial charge in [0.1, 0.15) is 5.01 Å². The van der Waals surface area contributed by atoms with E-state index in [-0.39, 0.29) is 5.91 Å². The Morgan fingerprint density at radius 1 is 0.935 bits per heavy atom. The molecule has 0 saturated carbocycles. The summed E-state index contributed by atoms with van der Waals surface area (Å²) in [5.41, 5.74) is 5.25. The molecule has 31 heavy (non-hydrogen) atoms. The van der Waals surface area contributed by atoms with Gasteiger partial charge in [-0.25, -0.2) is 4.98 Å². The van der Waals surface area contributed by atoms with Gasteiger partial charge in [-0.15, -0.1) is 11.3 Å². The SMILES string of the molecule is Cc1csc(-c2ccc(C(=O)Nc3cccc(CS(=O)Cc4ccccc4)c3)cc2)n1. The highest BCUT2D eigenvalue weighted by atomic mass is 32.2. The molecular formula is C25H22N2O2S2. The summed E-state index contributed by atoms with van der Waals surface area (Å²) in [7, 11) is -1.02. The van der Waals surface area contributed by atoms with Crippen LogP contribution in [0.3, 0.4) is 0 Å². The van der Waals surface area contributed by atoms with E-state index in [0.717, 1.165) is 27.4 Å². The molecule has 1 amide bonds. The standard InChI is InChI=1S/C25H22N2O2S2/c1-18-15-30-25(26-18)22-12-10-21(11-13-22)24(28)27-23-9-5-8-20(14-23)17-31(29)16-19-6-3-2-4-7-19/h2-15H,16-17H2,1H3,(H,27,28). The van der Waals surface area contributed by atoms with Crippen LogP contribution in [0.1, 0.15) is 27.2 Å². The van der Waals surface area contributed by atoms with Gasteiger partial charge in [-0.05, 0) is 42.3 Å². The van der Waals surface area contributed by atoms with E-state index in [4.69, 9.17) is 0 Å². The van der Waals surface area contributed by atoms with Crippen LogP contribution in [0.2, 0.25) is 0 Å². The van der Waals surface area contributed by atoms with Gasteiger partial charge in [0, 0.05) is 50.2 Å². The van der Waals surface area contributed by atoms with E-state index in [9.17, 15) is 9.00 Å². The maximum absolute atomic E-state index is 12.7. The van der Waals surface area contributed by atoms with Crippen molar-refractivity contribution in [2.45, 2.75) is 18.4 Å². The lowest BCUT2D eigenvalue weighted by Gasteiger charge is -2.08. The number of hydrogen-bond donors (Lipinski definition) is 1. The third-order valence-electron chi connectivity index (χ3n) is 4.70. The lowest BCUT2D eigenvalue weighted by molar-refractivity contribution is 0.102. The predicted octanol–water partition coefficient (Wildman–Crippen LogP) is 5.82. The molecule has 0 bridgehead atoms. The fourth-order valence-electron chi connectivity index (χ4n) is 3.19. The Hall–Kier alpha value is -3.09. The zero-order valence-corrected chi connectivity index (χ0v) is 18.7. The van der Waals surface area contributed by atoms with Crippen molar-refractivity contribution in [2.24, 2.45) is 0 Å². The molecule has 1 heterocycles. The number of hydrogen-bond acceptors (Lipinski definition) is 4. The predicted molar refractivity (Wildman–Crippen MR) is 129 cm³/mol. The van der Waals surface area contributed by atoms with Crippen LogP contribution < -0.4 is 5.32 Å². The van der Waals surface area contributed by atoms with Crippen molar-refractivity contribution in [2.75, 3.05) is 5.32 Å². The van der Waals surface area contributed by atoms with Crippen LogP contribution in [0, 0.1) is 6.92 Å². The summed E-state index contributed by atoms with van der Waals surface area (Å²) in [6, 6.07) is 24.8. The second kappa shape index (κ2) is 9.81. The van der Waals surface area contributed by atoms with E-state index in [1.807, 2.05) is 79.0 Å². The molecule has 4 aromatic rings. The quantitative estimate of drug-likeness (QED) is 0.389. The normalized spacial score (nSPS) is 11.8. The lowest BCUT2D eigenvalue weighted by atomic mass is 10.1. The van der Waals surface area contributed by atoms with Crippen LogP contribution in [0.5, 0.6) is 0 Å². The van der Waals surface area contributed by atoms with Crippen LogP contribution in [-0.4, -0.2) is 15.1 Å². The van der Waals surface area contributed by atoms with Crippen LogP contribution >= 0.6 is 11.3 Å². The van der Waals surface area contributed by atoms with E-state index in [1.54, 1.807) is 23.5 Å². The van der Waals surface area contributed by atoms with E-state index in [0.29, 0.717) is 22.8 Å². The molecule has 0 radical (unpaired) electrons. The van der Waals surface area contributed by atoms with Gasteiger partial charge in [0.15, 0.2) is 0 Å². The average Bonchev–Trinajstić information content (AvgIpc) is 3.21. The maximum Gasteiger partial charge on any atom is 0.255 e. The molecule has 0 aliphatic heterocycles. The van der Waals surface area contributed by atoms with Gasteiger partial charge in [0.2, 0.25) is 0 Å². The minimum atomic E-state index is -1.02. The summed E-state index contributed by atoms with van der Waals surface area (Å²) >= 11 is 1.59. The van der Waals surface area contributed by atoms with Gasteiger partial charge in [-0.3, -0.25) is 9.00 Å². The Morgan fingerprint density at radius 3 is 2.35 bits per heavy atom. The molecule has 1 atom stereocenters. The molecule has 1 N–H and O–H groups in total. The summed E-state index contributed by atoms with van der Waals surface area (Å²) in [6.45, 7) is 1.97. The second-order valence-electron chi connectivity index (χ2n) is 7.24. The van der Waals surface area contributed by atoms with E-state index in [1.165, 1.54) is 0 Å². The zero-order valence-electron chi connectivity index (χ0n) is 17.1. The molecule has 1 unspecified atom stereocenters. The van der Waals surface area contributed by atoms with Gasteiger partial charge < -0.3 is 5.32 Å². The molecule has 0 spiro atoms. The number of nitrogens with one attached hydrogen (secondary N) is 1. The monoisotopic (exact) mass is 446 g/mol. The van der Waals surface area contributed by atoms with Crippen molar-refractivity contribution in [1.82, 2.24) is 4.98 Å². The first-order valence-electron chi connectivity index (χ1n) is 9.88. The minimum absolute atomic E-state index is 0.176. The number of carbonyl (C=O) groups excluding carboxylic acids is 1. The summed E-state index contributed by atoms with van der Waals surface area (Å²) in [5.74, 6) is 0.785. The third-order valence-corrected chi connectivity index (χ3v) is 7.02. The number of benzene rings is 3. The van der Waals surface area contributed by atoms with Crippen LogP contribution in [-0.2, 0) is 22.3 Å². The lowest BCUT2D eigenvalue weighted by Crippen LogP contribution is -2.12. The highest BCUT2D eigenvalue weighted by molar-refractivity contribution is 7.83. The van der Waals surface area contributed by atoms with Crippen LogP contribution in [0.4, 0.5) is 5.69 Å². The number of aromatic nitrogens is 1. The van der Waals surface area contributed by atoms with Gasteiger partial charge in [0.05, 0.1) is 0 Å². The van der Waals surface area contributed by atoms with Crippen LogP contribution in [0.25, 0.3) is 10.6 Å². The van der Waals surface area contributed by atoms with E-state index < -0.39 is 10.8 Å². The molecule has 0 fully saturated rings. The van der Waals surface area contributed by atoms with Crippen molar-refractivity contribution < 1.29 is 9.00 Å². The molecule has 4 rings (SSSR count). The Balaban J connectivity index is 1.39. The molecule has 4 nitrogen and oxygen atoms in total. The molecule has 0 saturated heterocycles. The van der Waals surface area contributed by atoms with Crippen molar-refractivity contribution in [1.29, 1.82) is 0 Å². The number of thiazole rings is 1. The first-order valence-corrected chi connectivity index (χ1v) is 12.3. The molecule has 3 aromatic carbocycles. The Labute approximate surface area is 188 Å². The topological polar surface area (TPSA) is 59.1 Å². The minimum Gasteiger partial charge on any atom is -0.322 e. The largest absolute Gasteiger partial charge is 0.322 e. The van der Waals surface area contributed by atoms with Gasteiger partial charge in [0.25, 0.3) is 5.91 Å². The Bertz CT molecular complexity index is 1200. The number of anilines is 1.